The molecule has 0 unspecified atom stereocenters. The van der Waals surface area contributed by atoms with E-state index < -0.39 is 0 Å². The third-order valence-electron chi connectivity index (χ3n) is 3.62. The first-order valence-corrected chi connectivity index (χ1v) is 9.57. The van der Waals surface area contributed by atoms with E-state index in [1.165, 1.54) is 0 Å². The van der Waals surface area contributed by atoms with Crippen molar-refractivity contribution in [3.8, 4) is 0 Å². The lowest BCUT2D eigenvalue weighted by molar-refractivity contribution is 0.0954. The van der Waals surface area contributed by atoms with Crippen molar-refractivity contribution < 1.29 is 13.9 Å². The second-order valence-corrected chi connectivity index (χ2v) is 6.59. The molecule has 0 fully saturated rings. The molecule has 0 aliphatic rings. The number of nitrogens with zero attached hydrogens (tertiary/aromatic N) is 1. The van der Waals surface area contributed by atoms with Crippen LogP contribution in [0.2, 0.25) is 0 Å². The van der Waals surface area contributed by atoms with Crippen LogP contribution in [-0.2, 0) is 11.3 Å². The lowest BCUT2D eigenvalue weighted by Crippen LogP contribution is -2.42. The lowest BCUT2D eigenvalue weighted by Gasteiger charge is -2.12. The molecule has 1 aromatic carbocycles. The number of nitrogens with one attached hydrogen (secondary N) is 3. The third kappa shape index (κ3) is 8.27. The Morgan fingerprint density at radius 1 is 1.11 bits per heavy atom. The van der Waals surface area contributed by atoms with Crippen molar-refractivity contribution in [3.05, 3.63) is 58.5 Å². The van der Waals surface area contributed by atoms with E-state index in [9.17, 15) is 4.79 Å². The molecule has 0 spiro atoms. The molecular weight excluding hydrogens is 412 g/mol. The summed E-state index contributed by atoms with van der Waals surface area (Å²) in [6.45, 7) is 2.94. The molecule has 0 aliphatic carbocycles. The van der Waals surface area contributed by atoms with Crippen LogP contribution < -0.4 is 16.0 Å². The van der Waals surface area contributed by atoms with Gasteiger partial charge in [0.15, 0.2) is 5.96 Å². The Hall–Kier alpha value is -2.32. The van der Waals surface area contributed by atoms with Gasteiger partial charge in [-0.25, -0.2) is 0 Å². The first-order valence-electron chi connectivity index (χ1n) is 8.77. The van der Waals surface area contributed by atoms with Crippen LogP contribution in [-0.4, -0.2) is 45.2 Å². The van der Waals surface area contributed by atoms with Gasteiger partial charge in [0.05, 0.1) is 6.26 Å². The predicted molar refractivity (Wildman–Crippen MR) is 109 cm³/mol. The van der Waals surface area contributed by atoms with Gasteiger partial charge in [-0.2, -0.15) is 0 Å². The van der Waals surface area contributed by atoms with Gasteiger partial charge in [0.1, 0.15) is 12.4 Å². The van der Waals surface area contributed by atoms with Crippen LogP contribution in [0.5, 0.6) is 0 Å². The van der Waals surface area contributed by atoms with Crippen LogP contribution in [0.1, 0.15) is 22.5 Å². The molecule has 1 aromatic heterocycles. The van der Waals surface area contributed by atoms with E-state index in [1.807, 2.05) is 24.3 Å². The van der Waals surface area contributed by atoms with Crippen molar-refractivity contribution in [3.63, 3.8) is 0 Å². The molecule has 0 aliphatic heterocycles. The van der Waals surface area contributed by atoms with Crippen molar-refractivity contribution in [2.45, 2.75) is 13.0 Å². The molecule has 0 radical (unpaired) electrons. The van der Waals surface area contributed by atoms with E-state index in [-0.39, 0.29) is 5.91 Å². The number of amides is 1. The number of hydrogen-bond acceptors (Lipinski definition) is 4. The molecule has 146 valence electrons. The van der Waals surface area contributed by atoms with Gasteiger partial charge in [-0.05, 0) is 42.8 Å². The Bertz CT molecular complexity index is 702. The van der Waals surface area contributed by atoms with Gasteiger partial charge in [0, 0.05) is 43.3 Å². The summed E-state index contributed by atoms with van der Waals surface area (Å²) in [6, 6.07) is 11.0. The van der Waals surface area contributed by atoms with Crippen LogP contribution >= 0.6 is 15.9 Å². The number of aliphatic imine (C=N–C) groups is 1. The van der Waals surface area contributed by atoms with Crippen molar-refractivity contribution in [2.24, 2.45) is 4.99 Å². The monoisotopic (exact) mass is 436 g/mol. The molecule has 27 heavy (non-hydrogen) atoms. The number of hydrogen-bond donors (Lipinski definition) is 3. The van der Waals surface area contributed by atoms with Crippen LogP contribution in [0.25, 0.3) is 0 Å². The quantitative estimate of drug-likeness (QED) is 0.302. The van der Waals surface area contributed by atoms with Crippen LogP contribution in [0.4, 0.5) is 0 Å². The topological polar surface area (TPSA) is 87.9 Å². The summed E-state index contributed by atoms with van der Waals surface area (Å²) in [5.41, 5.74) is 0.634. The Morgan fingerprint density at radius 2 is 1.85 bits per heavy atom. The van der Waals surface area contributed by atoms with Gasteiger partial charge in [-0.1, -0.05) is 15.9 Å². The fraction of sp³-hybridized carbons (Fsp3) is 0.368. The number of rotatable bonds is 10. The zero-order valence-electron chi connectivity index (χ0n) is 15.3. The second-order valence-electron chi connectivity index (χ2n) is 5.67. The molecule has 1 heterocycles. The molecule has 1 amide bonds. The van der Waals surface area contributed by atoms with Gasteiger partial charge in [-0.15, -0.1) is 0 Å². The molecule has 7 nitrogen and oxygen atoms in total. The molecule has 3 N–H and O–H groups in total. The van der Waals surface area contributed by atoms with Crippen LogP contribution in [0.3, 0.4) is 0 Å². The minimum Gasteiger partial charge on any atom is -0.467 e. The van der Waals surface area contributed by atoms with E-state index in [0.717, 1.165) is 23.2 Å². The first kappa shape index (κ1) is 21.0. The maximum absolute atomic E-state index is 12.0. The number of guanidine groups is 1. The molecule has 2 rings (SSSR count). The maximum atomic E-state index is 12.0. The van der Waals surface area contributed by atoms with Gasteiger partial charge >= 0.3 is 0 Å². The number of benzene rings is 1. The third-order valence-corrected chi connectivity index (χ3v) is 4.14. The van der Waals surface area contributed by atoms with Crippen LogP contribution in [0.15, 0.2) is 56.5 Å². The number of ether oxygens (including phenoxy) is 1. The summed E-state index contributed by atoms with van der Waals surface area (Å²) >= 11 is 3.35. The van der Waals surface area contributed by atoms with Crippen molar-refractivity contribution in [1.29, 1.82) is 0 Å². The fourth-order valence-electron chi connectivity index (χ4n) is 2.23. The Kier molecular flexibility index (Phi) is 9.43. The summed E-state index contributed by atoms with van der Waals surface area (Å²) in [6.07, 6.45) is 2.49. The zero-order valence-corrected chi connectivity index (χ0v) is 16.9. The second kappa shape index (κ2) is 12.1. The van der Waals surface area contributed by atoms with E-state index >= 15 is 0 Å². The molecule has 0 saturated heterocycles. The van der Waals surface area contributed by atoms with Crippen molar-refractivity contribution in [1.82, 2.24) is 16.0 Å². The highest BCUT2D eigenvalue weighted by atomic mass is 79.9. The van der Waals surface area contributed by atoms with Crippen LogP contribution in [0, 0.1) is 0 Å². The van der Waals surface area contributed by atoms with Gasteiger partial charge in [-0.3, -0.25) is 9.79 Å². The summed E-state index contributed by atoms with van der Waals surface area (Å²) in [5.74, 6) is 1.42. The molecular formula is C19H25BrN4O3. The fourth-order valence-corrected chi connectivity index (χ4v) is 2.49. The highest BCUT2D eigenvalue weighted by molar-refractivity contribution is 9.10. The molecule has 0 saturated carbocycles. The number of carbonyl (C=O) groups excluding carboxylic acids is 1. The average Bonchev–Trinajstić information content (AvgIpc) is 3.20. The molecule has 8 heteroatoms. The van der Waals surface area contributed by atoms with Gasteiger partial charge in [0.25, 0.3) is 5.91 Å². The number of halogens is 1. The van der Waals surface area contributed by atoms with Crippen molar-refractivity contribution in [2.75, 3.05) is 33.3 Å². The standard InChI is InChI=1S/C19H25BrN4O3/c1-21-19(23-9-3-12-26-14-17-4-2-13-27-17)24-11-10-22-18(25)15-5-7-16(20)8-6-15/h2,4-8,13H,3,9-12,14H2,1H3,(H,22,25)(H2,21,23,24). The summed E-state index contributed by atoms with van der Waals surface area (Å²) in [4.78, 5) is 16.2. The average molecular weight is 437 g/mol. The van der Waals surface area contributed by atoms with E-state index in [1.54, 1.807) is 25.4 Å². The number of carbonyl (C=O) groups is 1. The Balaban J connectivity index is 1.52. The minimum absolute atomic E-state index is 0.0963. The van der Waals surface area contributed by atoms with E-state index in [0.29, 0.717) is 37.8 Å². The maximum Gasteiger partial charge on any atom is 0.251 e. The summed E-state index contributed by atoms with van der Waals surface area (Å²) in [7, 11) is 1.71. The lowest BCUT2D eigenvalue weighted by atomic mass is 10.2. The molecule has 2 aromatic rings. The molecule has 0 atom stereocenters. The summed E-state index contributed by atoms with van der Waals surface area (Å²) in [5, 5.41) is 9.23. The Labute approximate surface area is 167 Å². The highest BCUT2D eigenvalue weighted by Gasteiger charge is 2.04. The Morgan fingerprint density at radius 3 is 2.56 bits per heavy atom. The zero-order chi connectivity index (χ0) is 19.3. The predicted octanol–water partition coefficient (Wildman–Crippen LogP) is 2.54. The smallest absolute Gasteiger partial charge is 0.251 e. The minimum atomic E-state index is -0.0963. The highest BCUT2D eigenvalue weighted by Crippen LogP contribution is 2.10. The van der Waals surface area contributed by atoms with E-state index in [4.69, 9.17) is 9.15 Å². The van der Waals surface area contributed by atoms with Gasteiger partial charge < -0.3 is 25.1 Å². The van der Waals surface area contributed by atoms with E-state index in [2.05, 4.69) is 36.9 Å². The first-order chi connectivity index (χ1) is 13.2. The largest absolute Gasteiger partial charge is 0.467 e. The summed E-state index contributed by atoms with van der Waals surface area (Å²) < 4.78 is 11.7. The SMILES string of the molecule is CN=C(NCCCOCc1ccco1)NCCNC(=O)c1ccc(Br)cc1. The van der Waals surface area contributed by atoms with Crippen molar-refractivity contribution >= 4 is 27.8 Å². The molecule has 0 bridgehead atoms. The number of furan rings is 1. The normalized spacial score (nSPS) is 11.3. The van der Waals surface area contributed by atoms with Gasteiger partial charge in [0.2, 0.25) is 0 Å².